The van der Waals surface area contributed by atoms with Gasteiger partial charge in [0.15, 0.2) is 5.96 Å². The molecule has 0 aromatic carbocycles. The van der Waals surface area contributed by atoms with Gasteiger partial charge in [0.25, 0.3) is 0 Å². The zero-order valence-electron chi connectivity index (χ0n) is 18.3. The predicted octanol–water partition coefficient (Wildman–Crippen LogP) is 1.73. The molecule has 0 spiro atoms. The average Bonchev–Trinajstić information content (AvgIpc) is 2.78. The van der Waals surface area contributed by atoms with Gasteiger partial charge in [0.2, 0.25) is 0 Å². The lowest BCUT2D eigenvalue weighted by molar-refractivity contribution is -0.0833. The first-order valence-corrected chi connectivity index (χ1v) is 10.6. The van der Waals surface area contributed by atoms with Gasteiger partial charge >= 0.3 is 0 Å². The Morgan fingerprint density at radius 2 is 2.07 bits per heavy atom. The summed E-state index contributed by atoms with van der Waals surface area (Å²) in [5, 5.41) is 3.53. The molecule has 2 fully saturated rings. The number of methoxy groups -OCH3 is 1. The van der Waals surface area contributed by atoms with Gasteiger partial charge in [-0.25, -0.2) is 0 Å². The molecule has 2 aliphatic rings. The molecule has 0 amide bonds. The van der Waals surface area contributed by atoms with E-state index in [1.807, 2.05) is 12.3 Å². The fourth-order valence-electron chi connectivity index (χ4n) is 3.71. The zero-order chi connectivity index (χ0) is 20.5. The number of pyridine rings is 1. The maximum atomic E-state index is 5.75. The van der Waals surface area contributed by atoms with Gasteiger partial charge in [-0.2, -0.15) is 0 Å². The SMILES string of the molecule is Br.COCC(C)NC(=NCC1COCCO1)N1CCN(C(C)c2ccccn2)CC1. The number of nitrogens with one attached hydrogen (secondary N) is 1. The highest BCUT2D eigenvalue weighted by molar-refractivity contribution is 8.93. The van der Waals surface area contributed by atoms with Crippen LogP contribution in [0.2, 0.25) is 0 Å². The number of piperazine rings is 1. The quantitative estimate of drug-likeness (QED) is 0.465. The van der Waals surface area contributed by atoms with Crippen LogP contribution in [0.3, 0.4) is 0 Å². The van der Waals surface area contributed by atoms with Crippen LogP contribution in [-0.4, -0.2) is 99.2 Å². The number of ether oxygens (including phenoxy) is 3. The van der Waals surface area contributed by atoms with Crippen molar-refractivity contribution in [1.29, 1.82) is 0 Å². The highest BCUT2D eigenvalue weighted by Crippen LogP contribution is 2.19. The first-order chi connectivity index (χ1) is 14.2. The summed E-state index contributed by atoms with van der Waals surface area (Å²) in [5.74, 6) is 0.925. The molecule has 1 aromatic rings. The summed E-state index contributed by atoms with van der Waals surface area (Å²) in [6, 6.07) is 6.62. The molecule has 0 radical (unpaired) electrons. The van der Waals surface area contributed by atoms with Gasteiger partial charge in [-0.05, 0) is 26.0 Å². The Kier molecular flexibility index (Phi) is 11.0. The third-order valence-corrected chi connectivity index (χ3v) is 5.40. The first kappa shape index (κ1) is 25.0. The Bertz CT molecular complexity index is 622. The lowest BCUT2D eigenvalue weighted by Gasteiger charge is -2.39. The van der Waals surface area contributed by atoms with Crippen LogP contribution in [0.5, 0.6) is 0 Å². The third kappa shape index (κ3) is 7.46. The number of hydrogen-bond donors (Lipinski definition) is 1. The van der Waals surface area contributed by atoms with Crippen LogP contribution in [-0.2, 0) is 14.2 Å². The summed E-state index contributed by atoms with van der Waals surface area (Å²) in [5.41, 5.74) is 1.12. The molecule has 1 aromatic heterocycles. The number of nitrogens with zero attached hydrogens (tertiary/aromatic N) is 4. The lowest BCUT2D eigenvalue weighted by atomic mass is 10.1. The van der Waals surface area contributed by atoms with E-state index in [0.29, 0.717) is 39.0 Å². The van der Waals surface area contributed by atoms with Crippen LogP contribution >= 0.6 is 17.0 Å². The Balaban J connectivity index is 0.00000320. The lowest BCUT2D eigenvalue weighted by Crippen LogP contribution is -2.55. The molecule has 8 nitrogen and oxygen atoms in total. The monoisotopic (exact) mass is 485 g/mol. The first-order valence-electron chi connectivity index (χ1n) is 10.6. The maximum Gasteiger partial charge on any atom is 0.194 e. The molecular weight excluding hydrogens is 450 g/mol. The van der Waals surface area contributed by atoms with E-state index in [2.05, 4.69) is 46.1 Å². The minimum atomic E-state index is 0. The van der Waals surface area contributed by atoms with Gasteiger partial charge in [-0.1, -0.05) is 6.07 Å². The minimum Gasteiger partial charge on any atom is -0.383 e. The number of aromatic nitrogens is 1. The summed E-state index contributed by atoms with van der Waals surface area (Å²) in [6.45, 7) is 11.3. The van der Waals surface area contributed by atoms with Crippen LogP contribution in [0.1, 0.15) is 25.6 Å². The standard InChI is InChI=1S/C21H35N5O3.BrH/c1-17(15-27-3)24-21(23-14-19-16-28-12-13-29-19)26-10-8-25(9-11-26)18(2)20-6-4-5-7-22-20;/h4-7,17-19H,8-16H2,1-3H3,(H,23,24);1H. The van der Waals surface area contributed by atoms with E-state index in [1.54, 1.807) is 7.11 Å². The van der Waals surface area contributed by atoms with Gasteiger partial charge in [0.1, 0.15) is 6.10 Å². The summed E-state index contributed by atoms with van der Waals surface area (Å²) >= 11 is 0. The van der Waals surface area contributed by atoms with Crippen molar-refractivity contribution in [3.05, 3.63) is 30.1 Å². The van der Waals surface area contributed by atoms with Crippen LogP contribution in [0, 0.1) is 0 Å². The van der Waals surface area contributed by atoms with Crippen molar-refractivity contribution in [3.8, 4) is 0 Å². The molecule has 2 saturated heterocycles. The molecule has 0 saturated carbocycles. The van der Waals surface area contributed by atoms with Gasteiger partial charge in [0, 0.05) is 51.6 Å². The highest BCUT2D eigenvalue weighted by atomic mass is 79.9. The van der Waals surface area contributed by atoms with E-state index in [1.165, 1.54) is 0 Å². The normalized spacial score (nSPS) is 22.8. The molecule has 0 aliphatic carbocycles. The maximum absolute atomic E-state index is 5.75. The van der Waals surface area contributed by atoms with Crippen LogP contribution in [0.25, 0.3) is 0 Å². The molecule has 9 heteroatoms. The van der Waals surface area contributed by atoms with Gasteiger partial charge in [0.05, 0.1) is 38.7 Å². The number of rotatable bonds is 7. The summed E-state index contributed by atoms with van der Waals surface area (Å²) in [4.78, 5) is 14.2. The third-order valence-electron chi connectivity index (χ3n) is 5.40. The molecule has 1 N–H and O–H groups in total. The molecule has 3 rings (SSSR count). The van der Waals surface area contributed by atoms with Gasteiger partial charge in [-0.3, -0.25) is 14.9 Å². The van der Waals surface area contributed by atoms with E-state index in [4.69, 9.17) is 19.2 Å². The molecular formula is C21H36BrN5O3. The van der Waals surface area contributed by atoms with Crippen LogP contribution in [0.15, 0.2) is 29.4 Å². The summed E-state index contributed by atoms with van der Waals surface area (Å²) < 4.78 is 16.5. The van der Waals surface area contributed by atoms with Crippen molar-refractivity contribution in [2.24, 2.45) is 4.99 Å². The van der Waals surface area contributed by atoms with E-state index in [9.17, 15) is 0 Å². The second-order valence-corrected chi connectivity index (χ2v) is 7.69. The smallest absolute Gasteiger partial charge is 0.194 e. The second-order valence-electron chi connectivity index (χ2n) is 7.69. The molecule has 0 bridgehead atoms. The van der Waals surface area contributed by atoms with Gasteiger partial charge in [-0.15, -0.1) is 17.0 Å². The van der Waals surface area contributed by atoms with E-state index in [0.717, 1.165) is 37.8 Å². The Hall–Kier alpha value is -1.26. The highest BCUT2D eigenvalue weighted by Gasteiger charge is 2.25. The average molecular weight is 486 g/mol. The molecule has 170 valence electrons. The van der Waals surface area contributed by atoms with Crippen molar-refractivity contribution in [2.45, 2.75) is 32.0 Å². The fraction of sp³-hybridized carbons (Fsp3) is 0.714. The van der Waals surface area contributed by atoms with Crippen LogP contribution < -0.4 is 5.32 Å². The van der Waals surface area contributed by atoms with Crippen molar-refractivity contribution >= 4 is 22.9 Å². The Morgan fingerprint density at radius 1 is 1.27 bits per heavy atom. The van der Waals surface area contributed by atoms with Crippen molar-refractivity contribution in [2.75, 3.05) is 66.3 Å². The van der Waals surface area contributed by atoms with E-state index in [-0.39, 0.29) is 29.1 Å². The summed E-state index contributed by atoms with van der Waals surface area (Å²) in [6.07, 6.45) is 1.90. The number of guanidine groups is 1. The molecule has 3 unspecified atom stereocenters. The van der Waals surface area contributed by atoms with Gasteiger partial charge < -0.3 is 24.4 Å². The summed E-state index contributed by atoms with van der Waals surface area (Å²) in [7, 11) is 1.72. The van der Waals surface area contributed by atoms with Crippen molar-refractivity contribution in [3.63, 3.8) is 0 Å². The zero-order valence-corrected chi connectivity index (χ0v) is 20.0. The number of aliphatic imine (C=N–C) groups is 1. The number of halogens is 1. The largest absolute Gasteiger partial charge is 0.383 e. The molecule has 2 aliphatic heterocycles. The van der Waals surface area contributed by atoms with E-state index < -0.39 is 0 Å². The van der Waals surface area contributed by atoms with Crippen molar-refractivity contribution < 1.29 is 14.2 Å². The molecule has 3 heterocycles. The van der Waals surface area contributed by atoms with Crippen LogP contribution in [0.4, 0.5) is 0 Å². The Morgan fingerprint density at radius 3 is 2.70 bits per heavy atom. The molecule has 30 heavy (non-hydrogen) atoms. The second kappa shape index (κ2) is 13.2. The molecule has 3 atom stereocenters. The topological polar surface area (TPSA) is 71.5 Å². The predicted molar refractivity (Wildman–Crippen MR) is 123 cm³/mol. The minimum absolute atomic E-state index is 0. The fourth-order valence-corrected chi connectivity index (χ4v) is 3.71. The Labute approximate surface area is 190 Å². The van der Waals surface area contributed by atoms with Crippen molar-refractivity contribution in [1.82, 2.24) is 20.1 Å². The van der Waals surface area contributed by atoms with E-state index >= 15 is 0 Å². The number of hydrogen-bond acceptors (Lipinski definition) is 6.